The van der Waals surface area contributed by atoms with Crippen molar-refractivity contribution in [1.82, 2.24) is 14.1 Å². The molecule has 37 heavy (non-hydrogen) atoms. The highest BCUT2D eigenvalue weighted by atomic mass is 35.5. The molecule has 1 saturated carbocycles. The average Bonchev–Trinajstić information content (AvgIpc) is 3.41. The minimum Gasteiger partial charge on any atom is -0.483 e. The molecule has 0 atom stereocenters. The quantitative estimate of drug-likeness (QED) is 0.345. The van der Waals surface area contributed by atoms with E-state index in [0.29, 0.717) is 49.0 Å². The zero-order valence-electron chi connectivity index (χ0n) is 21.8. The van der Waals surface area contributed by atoms with Crippen LogP contribution < -0.4 is 15.2 Å². The topological polar surface area (TPSA) is 84.7 Å². The van der Waals surface area contributed by atoms with E-state index < -0.39 is 10.0 Å². The number of benzene rings is 1. The number of unbranched alkanes of at least 4 members (excludes halogenated alkanes) is 5. The summed E-state index contributed by atoms with van der Waals surface area (Å²) in [4.78, 5) is 15.6. The van der Waals surface area contributed by atoms with Gasteiger partial charge in [0, 0.05) is 31.2 Å². The molecule has 0 unspecified atom stereocenters. The average molecular weight is 551 g/mol. The van der Waals surface area contributed by atoms with Crippen LogP contribution in [0.3, 0.4) is 0 Å². The van der Waals surface area contributed by atoms with Gasteiger partial charge in [-0.05, 0) is 50.3 Å². The van der Waals surface area contributed by atoms with Crippen LogP contribution in [0.1, 0.15) is 71.1 Å². The number of hydrogen-bond donors (Lipinski definition) is 0. The van der Waals surface area contributed by atoms with Gasteiger partial charge in [-0.25, -0.2) is 8.42 Å². The number of sulfonamides is 1. The Morgan fingerprint density at radius 1 is 1.03 bits per heavy atom. The molecule has 2 heterocycles. The number of aromatic nitrogens is 2. The molecule has 1 aromatic carbocycles. The van der Waals surface area contributed by atoms with Gasteiger partial charge in [0.1, 0.15) is 5.69 Å². The smallest absolute Gasteiger partial charge is 0.316 e. The van der Waals surface area contributed by atoms with Crippen LogP contribution in [0.5, 0.6) is 5.75 Å². The lowest BCUT2D eigenvalue weighted by molar-refractivity contribution is 0.205. The number of halogens is 1. The second-order valence-corrected chi connectivity index (χ2v) is 12.6. The lowest BCUT2D eigenvalue weighted by Crippen LogP contribution is -2.49. The van der Waals surface area contributed by atoms with E-state index in [9.17, 15) is 13.2 Å². The summed E-state index contributed by atoms with van der Waals surface area (Å²) in [5.41, 5.74) is 0.874. The van der Waals surface area contributed by atoms with E-state index in [1.807, 2.05) is 4.90 Å². The van der Waals surface area contributed by atoms with Crippen LogP contribution in [0, 0.1) is 0 Å². The van der Waals surface area contributed by atoms with Crippen molar-refractivity contribution in [2.75, 3.05) is 36.8 Å². The summed E-state index contributed by atoms with van der Waals surface area (Å²) in [7, 11) is -3.28. The first kappa shape index (κ1) is 27.9. The SMILES string of the molecule is CCCCCCCCS(=O)(=O)N1CCN(c2cnn(-c3cccc(Cl)c3)c(=O)c2OC2CCCC2)CC1. The molecule has 10 heteroatoms. The van der Waals surface area contributed by atoms with Gasteiger partial charge in [0.15, 0.2) is 0 Å². The minimum atomic E-state index is -3.28. The highest BCUT2D eigenvalue weighted by Crippen LogP contribution is 2.30. The summed E-state index contributed by atoms with van der Waals surface area (Å²) in [6.07, 6.45) is 12.0. The Labute approximate surface area is 225 Å². The van der Waals surface area contributed by atoms with E-state index in [1.54, 1.807) is 34.8 Å². The predicted molar refractivity (Wildman–Crippen MR) is 149 cm³/mol. The Balaban J connectivity index is 1.47. The predicted octanol–water partition coefficient (Wildman–Crippen LogP) is 5.02. The van der Waals surface area contributed by atoms with Crippen LogP contribution in [0.15, 0.2) is 35.3 Å². The monoisotopic (exact) mass is 550 g/mol. The maximum absolute atomic E-state index is 13.6. The van der Waals surface area contributed by atoms with Gasteiger partial charge in [0.05, 0.1) is 23.7 Å². The van der Waals surface area contributed by atoms with Crippen LogP contribution >= 0.6 is 11.6 Å². The fourth-order valence-electron chi connectivity index (χ4n) is 5.13. The molecule has 8 nitrogen and oxygen atoms in total. The van der Waals surface area contributed by atoms with Crippen LogP contribution in [0.25, 0.3) is 5.69 Å². The lowest BCUT2D eigenvalue weighted by Gasteiger charge is -2.36. The molecule has 0 bridgehead atoms. The summed E-state index contributed by atoms with van der Waals surface area (Å²) in [6, 6.07) is 7.01. The van der Waals surface area contributed by atoms with Crippen LogP contribution in [-0.2, 0) is 10.0 Å². The van der Waals surface area contributed by atoms with E-state index >= 15 is 0 Å². The third kappa shape index (κ3) is 7.27. The first-order valence-corrected chi connectivity index (χ1v) is 15.7. The summed E-state index contributed by atoms with van der Waals surface area (Å²) in [5, 5.41) is 4.95. The van der Waals surface area contributed by atoms with Gasteiger partial charge in [0.2, 0.25) is 15.8 Å². The van der Waals surface area contributed by atoms with Gasteiger partial charge in [-0.3, -0.25) is 4.79 Å². The molecule has 2 fully saturated rings. The fourth-order valence-corrected chi connectivity index (χ4v) is 6.86. The Morgan fingerprint density at radius 3 is 2.43 bits per heavy atom. The third-order valence-electron chi connectivity index (χ3n) is 7.28. The van der Waals surface area contributed by atoms with Crippen molar-refractivity contribution >= 4 is 27.3 Å². The maximum atomic E-state index is 13.6. The van der Waals surface area contributed by atoms with Crippen molar-refractivity contribution < 1.29 is 13.2 Å². The summed E-state index contributed by atoms with van der Waals surface area (Å²) in [5.74, 6) is 0.483. The molecule has 2 aromatic rings. The highest BCUT2D eigenvalue weighted by Gasteiger charge is 2.30. The van der Waals surface area contributed by atoms with Crippen LogP contribution in [0.2, 0.25) is 5.02 Å². The minimum absolute atomic E-state index is 0.000606. The highest BCUT2D eigenvalue weighted by molar-refractivity contribution is 7.89. The molecule has 1 aromatic heterocycles. The Bertz CT molecular complexity index is 1190. The second-order valence-electron chi connectivity index (χ2n) is 10.0. The van der Waals surface area contributed by atoms with Crippen molar-refractivity contribution in [3.63, 3.8) is 0 Å². The molecule has 4 rings (SSSR count). The first-order chi connectivity index (χ1) is 17.9. The molecule has 0 amide bonds. The Morgan fingerprint density at radius 2 is 1.73 bits per heavy atom. The van der Waals surface area contributed by atoms with E-state index in [0.717, 1.165) is 38.5 Å². The van der Waals surface area contributed by atoms with Crippen molar-refractivity contribution in [1.29, 1.82) is 0 Å². The number of rotatable bonds is 12. The molecule has 204 valence electrons. The van der Waals surface area contributed by atoms with E-state index in [1.165, 1.54) is 23.9 Å². The van der Waals surface area contributed by atoms with Crippen LogP contribution in [0.4, 0.5) is 5.69 Å². The van der Waals surface area contributed by atoms with Gasteiger partial charge >= 0.3 is 5.56 Å². The number of hydrogen-bond acceptors (Lipinski definition) is 6. The van der Waals surface area contributed by atoms with Gasteiger partial charge in [-0.15, -0.1) is 0 Å². The summed E-state index contributed by atoms with van der Waals surface area (Å²) in [6.45, 7) is 3.92. The fraction of sp³-hybridized carbons (Fsp3) is 0.630. The molecule has 2 aliphatic rings. The zero-order chi connectivity index (χ0) is 26.3. The Kier molecular flexibility index (Phi) is 9.90. The Hall–Kier alpha value is -2.10. The molecular weight excluding hydrogens is 512 g/mol. The number of piperazine rings is 1. The number of nitrogens with zero attached hydrogens (tertiary/aromatic N) is 4. The van der Waals surface area contributed by atoms with Gasteiger partial charge in [-0.1, -0.05) is 56.7 Å². The largest absolute Gasteiger partial charge is 0.483 e. The molecule has 1 saturated heterocycles. The normalized spacial score (nSPS) is 17.4. The van der Waals surface area contributed by atoms with Gasteiger partial charge in [-0.2, -0.15) is 14.1 Å². The molecule has 1 aliphatic carbocycles. The maximum Gasteiger partial charge on any atom is 0.316 e. The van der Waals surface area contributed by atoms with Gasteiger partial charge in [0.25, 0.3) is 0 Å². The number of ether oxygens (including phenoxy) is 1. The first-order valence-electron chi connectivity index (χ1n) is 13.7. The second kappa shape index (κ2) is 13.1. The zero-order valence-corrected chi connectivity index (χ0v) is 23.4. The third-order valence-corrected chi connectivity index (χ3v) is 9.47. The van der Waals surface area contributed by atoms with E-state index in [-0.39, 0.29) is 23.2 Å². The molecule has 1 aliphatic heterocycles. The standard InChI is InChI=1S/C27H39ClN4O4S/c1-2-3-4-5-6-9-19-37(34,35)31-17-15-30(16-18-31)25-21-29-32(23-12-10-11-22(28)20-23)27(33)26(25)36-24-13-7-8-14-24/h10-12,20-21,24H,2-9,13-19H2,1H3. The molecule has 0 spiro atoms. The summed E-state index contributed by atoms with van der Waals surface area (Å²) < 4.78 is 35.0. The summed E-state index contributed by atoms with van der Waals surface area (Å²) >= 11 is 6.15. The van der Waals surface area contributed by atoms with Gasteiger partial charge < -0.3 is 9.64 Å². The molecular formula is C27H39ClN4O4S. The van der Waals surface area contributed by atoms with Crippen molar-refractivity contribution in [2.45, 2.75) is 77.2 Å². The van der Waals surface area contributed by atoms with Crippen molar-refractivity contribution in [3.8, 4) is 11.4 Å². The van der Waals surface area contributed by atoms with Crippen LogP contribution in [-0.4, -0.2) is 60.5 Å². The van der Waals surface area contributed by atoms with Crippen molar-refractivity contribution in [2.24, 2.45) is 0 Å². The lowest BCUT2D eigenvalue weighted by atomic mass is 10.1. The van der Waals surface area contributed by atoms with E-state index in [4.69, 9.17) is 16.3 Å². The molecule has 0 N–H and O–H groups in total. The van der Waals surface area contributed by atoms with Crippen molar-refractivity contribution in [3.05, 3.63) is 45.8 Å². The number of anilines is 1. The molecule has 0 radical (unpaired) electrons. The van der Waals surface area contributed by atoms with E-state index in [2.05, 4.69) is 12.0 Å².